The number of imidazole rings is 1. The van der Waals surface area contributed by atoms with Crippen LogP contribution in [0.2, 0.25) is 0 Å². The van der Waals surface area contributed by atoms with Gasteiger partial charge in [0.05, 0.1) is 0 Å². The summed E-state index contributed by atoms with van der Waals surface area (Å²) in [4.78, 5) is 25.3. The van der Waals surface area contributed by atoms with Crippen LogP contribution in [0.1, 0.15) is 20.3 Å². The van der Waals surface area contributed by atoms with Gasteiger partial charge in [0.25, 0.3) is 0 Å². The normalized spacial score (nSPS) is 12.5. The van der Waals surface area contributed by atoms with E-state index in [0.29, 0.717) is 12.1 Å². The number of carbonyl (C=O) groups is 1. The fourth-order valence-corrected chi connectivity index (χ4v) is 1.93. The van der Waals surface area contributed by atoms with Crippen LogP contribution in [0.4, 0.5) is 11.6 Å². The average molecular weight is 293 g/mol. The summed E-state index contributed by atoms with van der Waals surface area (Å²) in [6.45, 7) is 3.82. The molecule has 0 amide bonds. The Morgan fingerprint density at radius 1 is 1.52 bits per heavy atom. The molecule has 2 heterocycles. The maximum Gasteiger partial charge on any atom is 0.368 e. The first-order valence-electron chi connectivity index (χ1n) is 6.37. The summed E-state index contributed by atoms with van der Waals surface area (Å²) < 4.78 is 1.07. The van der Waals surface area contributed by atoms with Gasteiger partial charge in [-0.25, -0.2) is 9.78 Å². The first kappa shape index (κ1) is 14.7. The van der Waals surface area contributed by atoms with Crippen LogP contribution in [-0.2, 0) is 4.79 Å². The highest BCUT2D eigenvalue weighted by molar-refractivity contribution is 5.76. The third-order valence-corrected chi connectivity index (χ3v) is 2.86. The van der Waals surface area contributed by atoms with Gasteiger partial charge in [-0.1, -0.05) is 23.5 Å². The van der Waals surface area contributed by atoms with Crippen molar-refractivity contribution >= 4 is 23.3 Å². The second-order valence-corrected chi connectivity index (χ2v) is 5.03. The molecule has 0 radical (unpaired) electrons. The topological polar surface area (TPSA) is 123 Å². The zero-order valence-electron chi connectivity index (χ0n) is 11.6. The predicted molar refractivity (Wildman–Crippen MR) is 74.1 cm³/mol. The summed E-state index contributed by atoms with van der Waals surface area (Å²) in [6.07, 6.45) is 1.52. The summed E-state index contributed by atoms with van der Waals surface area (Å²) >= 11 is 0. The smallest absolute Gasteiger partial charge is 0.368 e. The highest BCUT2D eigenvalue weighted by Crippen LogP contribution is 2.16. The Bertz CT molecular complexity index is 681. The molecule has 2 N–H and O–H groups in total. The molecule has 1 atom stereocenters. The molecule has 2 aromatic heterocycles. The van der Waals surface area contributed by atoms with E-state index in [-0.39, 0.29) is 17.6 Å². The number of nitrogens with one attached hydrogen (secondary N) is 1. The van der Waals surface area contributed by atoms with Gasteiger partial charge in [-0.05, 0) is 23.3 Å². The Kier molecular flexibility index (Phi) is 4.01. The number of nitrogens with zero attached hydrogens (tertiary/aromatic N) is 4. The third-order valence-electron chi connectivity index (χ3n) is 2.86. The Morgan fingerprint density at radius 3 is 2.81 bits per heavy atom. The van der Waals surface area contributed by atoms with E-state index >= 15 is 0 Å². The summed E-state index contributed by atoms with van der Waals surface area (Å²) in [6, 6.07) is 2.27. The lowest BCUT2D eigenvalue weighted by atomic mass is 10.0. The van der Waals surface area contributed by atoms with Crippen molar-refractivity contribution < 1.29 is 14.8 Å². The van der Waals surface area contributed by atoms with Gasteiger partial charge >= 0.3 is 11.8 Å². The number of fused-ring (bicyclic) bond motifs is 1. The molecule has 0 fully saturated rings. The standard InChI is InChI=1S/C12H15N5O4/c1-7(2)5-8(12(18)19)14-9-3-4-10-13-6-11(17(20)21)16(10)15-9/h3-4,6-8H,5H2,1-2H3,(H,14,15)(H,18,19)/t8-/m0/s1. The summed E-state index contributed by atoms with van der Waals surface area (Å²) in [7, 11) is 0. The van der Waals surface area contributed by atoms with Crippen LogP contribution in [0.5, 0.6) is 0 Å². The van der Waals surface area contributed by atoms with Gasteiger partial charge in [0.15, 0.2) is 5.82 Å². The fraction of sp³-hybridized carbons (Fsp3) is 0.417. The van der Waals surface area contributed by atoms with Gasteiger partial charge in [-0.15, -0.1) is 0 Å². The number of rotatable bonds is 6. The molecular formula is C12H15N5O4. The van der Waals surface area contributed by atoms with Crippen LogP contribution in [0.15, 0.2) is 18.3 Å². The minimum Gasteiger partial charge on any atom is -0.480 e. The maximum absolute atomic E-state index is 11.2. The van der Waals surface area contributed by atoms with E-state index in [1.54, 1.807) is 6.07 Å². The number of carboxylic acids is 1. The van der Waals surface area contributed by atoms with Crippen LogP contribution in [-0.4, -0.2) is 36.6 Å². The van der Waals surface area contributed by atoms with Crippen LogP contribution >= 0.6 is 0 Å². The largest absolute Gasteiger partial charge is 0.480 e. The number of hydrogen-bond donors (Lipinski definition) is 2. The van der Waals surface area contributed by atoms with Gasteiger partial charge in [0, 0.05) is 6.07 Å². The molecule has 0 aliphatic heterocycles. The van der Waals surface area contributed by atoms with Gasteiger partial charge in [0.1, 0.15) is 12.2 Å². The molecular weight excluding hydrogens is 278 g/mol. The van der Waals surface area contributed by atoms with E-state index in [9.17, 15) is 20.0 Å². The summed E-state index contributed by atoms with van der Waals surface area (Å²) in [5, 5.41) is 26.8. The van der Waals surface area contributed by atoms with E-state index in [1.807, 2.05) is 13.8 Å². The van der Waals surface area contributed by atoms with Crippen molar-refractivity contribution in [1.82, 2.24) is 14.6 Å². The fourth-order valence-electron chi connectivity index (χ4n) is 1.93. The van der Waals surface area contributed by atoms with Crippen LogP contribution in [0.3, 0.4) is 0 Å². The molecule has 112 valence electrons. The van der Waals surface area contributed by atoms with Crippen molar-refractivity contribution in [1.29, 1.82) is 0 Å². The molecule has 0 bridgehead atoms. The number of carboxylic acid groups (broad SMARTS) is 1. The lowest BCUT2D eigenvalue weighted by Crippen LogP contribution is -2.31. The van der Waals surface area contributed by atoms with Gasteiger partial charge in [0.2, 0.25) is 5.65 Å². The molecule has 0 aromatic carbocycles. The van der Waals surface area contributed by atoms with Crippen molar-refractivity contribution in [3.05, 3.63) is 28.4 Å². The quantitative estimate of drug-likeness (QED) is 0.611. The van der Waals surface area contributed by atoms with Crippen molar-refractivity contribution in [3.8, 4) is 0 Å². The van der Waals surface area contributed by atoms with Crippen molar-refractivity contribution in [3.63, 3.8) is 0 Å². The first-order valence-corrected chi connectivity index (χ1v) is 6.37. The highest BCUT2D eigenvalue weighted by Gasteiger charge is 2.21. The highest BCUT2D eigenvalue weighted by atomic mass is 16.6. The van der Waals surface area contributed by atoms with E-state index in [1.165, 1.54) is 6.07 Å². The third kappa shape index (κ3) is 3.25. The molecule has 0 aliphatic rings. The second-order valence-electron chi connectivity index (χ2n) is 5.03. The molecule has 21 heavy (non-hydrogen) atoms. The average Bonchev–Trinajstić information content (AvgIpc) is 2.80. The maximum atomic E-state index is 11.2. The van der Waals surface area contributed by atoms with Crippen LogP contribution in [0, 0.1) is 16.0 Å². The van der Waals surface area contributed by atoms with E-state index in [0.717, 1.165) is 10.7 Å². The first-order chi connectivity index (χ1) is 9.88. The molecule has 0 aliphatic carbocycles. The molecule has 0 spiro atoms. The van der Waals surface area contributed by atoms with E-state index in [4.69, 9.17) is 0 Å². The van der Waals surface area contributed by atoms with E-state index < -0.39 is 16.9 Å². The molecule has 2 rings (SSSR count). The number of aliphatic carboxylic acids is 1. The van der Waals surface area contributed by atoms with Gasteiger partial charge < -0.3 is 20.5 Å². The minimum absolute atomic E-state index is 0.185. The lowest BCUT2D eigenvalue weighted by Gasteiger charge is -2.16. The molecule has 9 heteroatoms. The van der Waals surface area contributed by atoms with Gasteiger partial charge in [-0.3, -0.25) is 0 Å². The number of nitro groups is 1. The predicted octanol–water partition coefficient (Wildman–Crippen LogP) is 1.55. The van der Waals surface area contributed by atoms with Gasteiger partial charge in [-0.2, -0.15) is 0 Å². The molecule has 0 saturated heterocycles. The Morgan fingerprint density at radius 2 is 2.24 bits per heavy atom. The number of anilines is 1. The van der Waals surface area contributed by atoms with Crippen molar-refractivity contribution in [2.45, 2.75) is 26.3 Å². The minimum atomic E-state index is -0.995. The molecule has 9 nitrogen and oxygen atoms in total. The van der Waals surface area contributed by atoms with Crippen molar-refractivity contribution in [2.24, 2.45) is 5.92 Å². The zero-order valence-corrected chi connectivity index (χ0v) is 11.6. The molecule has 2 aromatic rings. The number of hydrogen-bond acceptors (Lipinski definition) is 6. The Balaban J connectivity index is 2.31. The molecule has 0 saturated carbocycles. The summed E-state index contributed by atoms with van der Waals surface area (Å²) in [5.74, 6) is -0.836. The molecule has 0 unspecified atom stereocenters. The van der Waals surface area contributed by atoms with Crippen LogP contribution < -0.4 is 5.32 Å². The Labute approximate surface area is 119 Å². The lowest BCUT2D eigenvalue weighted by molar-refractivity contribution is -0.391. The van der Waals surface area contributed by atoms with Crippen molar-refractivity contribution in [2.75, 3.05) is 5.32 Å². The Hall–Kier alpha value is -2.71. The van der Waals surface area contributed by atoms with Crippen LogP contribution in [0.25, 0.3) is 5.65 Å². The van der Waals surface area contributed by atoms with E-state index in [2.05, 4.69) is 15.4 Å². The SMILES string of the molecule is CC(C)C[C@H](Nc1ccc2ncc([N+](=O)[O-])n2n1)C(=O)O. The zero-order chi connectivity index (χ0) is 15.6. The second kappa shape index (κ2) is 5.73. The number of aromatic nitrogens is 3. The monoisotopic (exact) mass is 293 g/mol. The summed E-state index contributed by atoms with van der Waals surface area (Å²) in [5.41, 5.74) is 0.322.